The maximum atomic E-state index is 13.2. The third kappa shape index (κ3) is 4.68. The minimum atomic E-state index is -0.315. The highest BCUT2D eigenvalue weighted by Gasteiger charge is 2.25. The van der Waals surface area contributed by atoms with Crippen molar-refractivity contribution in [2.45, 2.75) is 19.0 Å². The Kier molecular flexibility index (Phi) is 5.37. The third-order valence-corrected chi connectivity index (χ3v) is 4.79. The lowest BCUT2D eigenvalue weighted by Gasteiger charge is -2.17. The Morgan fingerprint density at radius 1 is 1.34 bits per heavy atom. The summed E-state index contributed by atoms with van der Waals surface area (Å²) >= 11 is 0. The summed E-state index contributed by atoms with van der Waals surface area (Å²) in [6.45, 7) is 1.66. The van der Waals surface area contributed by atoms with Crippen molar-refractivity contribution < 1.29 is 9.18 Å². The maximum Gasteiger partial charge on any atom is 0.315 e. The van der Waals surface area contributed by atoms with Crippen LogP contribution in [0.3, 0.4) is 0 Å². The first-order chi connectivity index (χ1) is 14.1. The molecule has 1 saturated heterocycles. The smallest absolute Gasteiger partial charge is 0.315 e. The highest BCUT2D eigenvalue weighted by molar-refractivity contribution is 5.74. The molecule has 1 unspecified atom stereocenters. The predicted molar refractivity (Wildman–Crippen MR) is 107 cm³/mol. The van der Waals surface area contributed by atoms with E-state index in [9.17, 15) is 9.18 Å². The Morgan fingerprint density at radius 3 is 3.03 bits per heavy atom. The molecule has 0 bridgehead atoms. The molecule has 8 nitrogen and oxygen atoms in total. The molecule has 2 aromatic heterocycles. The van der Waals surface area contributed by atoms with E-state index >= 15 is 0 Å². The van der Waals surface area contributed by atoms with Crippen molar-refractivity contribution in [3.63, 3.8) is 0 Å². The van der Waals surface area contributed by atoms with Crippen molar-refractivity contribution >= 4 is 12.0 Å². The quantitative estimate of drug-likeness (QED) is 0.691. The number of aryl methyl sites for hydroxylation is 1. The second-order valence-corrected chi connectivity index (χ2v) is 7.03. The van der Waals surface area contributed by atoms with Gasteiger partial charge in [0.2, 0.25) is 5.95 Å². The van der Waals surface area contributed by atoms with Gasteiger partial charge >= 0.3 is 6.03 Å². The van der Waals surface area contributed by atoms with Gasteiger partial charge in [-0.25, -0.2) is 19.2 Å². The molecule has 0 aliphatic carbocycles. The number of nitrogens with one attached hydrogen (secondary N) is 2. The van der Waals surface area contributed by atoms with Gasteiger partial charge in [0.15, 0.2) is 0 Å². The van der Waals surface area contributed by atoms with Gasteiger partial charge in [0.05, 0.1) is 11.9 Å². The van der Waals surface area contributed by atoms with Gasteiger partial charge in [-0.3, -0.25) is 4.68 Å². The van der Waals surface area contributed by atoms with Gasteiger partial charge in [0.1, 0.15) is 5.82 Å². The molecule has 4 rings (SSSR count). The summed E-state index contributed by atoms with van der Waals surface area (Å²) < 4.78 is 14.9. The number of benzene rings is 1. The zero-order chi connectivity index (χ0) is 20.2. The number of amides is 2. The fourth-order valence-corrected chi connectivity index (χ4v) is 3.34. The standard InChI is InChI=1S/C20H22FN7O/c1-27-12-15(11-24-27)18-5-7-22-19(26-18)28-8-6-17(13-28)25-20(29)23-10-14-3-2-4-16(21)9-14/h2-5,7,9,11-12,17H,6,8,10,13H2,1H3,(H2,23,25,29). The predicted octanol–water partition coefficient (Wildman–Crippen LogP) is 2.09. The van der Waals surface area contributed by atoms with Gasteiger partial charge in [-0.2, -0.15) is 5.10 Å². The summed E-state index contributed by atoms with van der Waals surface area (Å²) in [6.07, 6.45) is 6.21. The molecule has 3 aromatic rings. The average Bonchev–Trinajstić information content (AvgIpc) is 3.36. The largest absolute Gasteiger partial charge is 0.339 e. The molecule has 150 valence electrons. The Labute approximate surface area is 167 Å². The summed E-state index contributed by atoms with van der Waals surface area (Å²) in [5.74, 6) is 0.320. The molecule has 1 atom stereocenters. The SMILES string of the molecule is Cn1cc(-c2ccnc(N3CCC(NC(=O)NCc4cccc(F)c4)C3)n2)cn1. The lowest BCUT2D eigenvalue weighted by atomic mass is 10.2. The fraction of sp³-hybridized carbons (Fsp3) is 0.300. The van der Waals surface area contributed by atoms with Crippen LogP contribution in [-0.2, 0) is 13.6 Å². The van der Waals surface area contributed by atoms with Crippen LogP contribution in [0.2, 0.25) is 0 Å². The monoisotopic (exact) mass is 395 g/mol. The van der Waals surface area contributed by atoms with E-state index in [0.717, 1.165) is 24.2 Å². The van der Waals surface area contributed by atoms with Gasteiger partial charge in [-0.05, 0) is 30.2 Å². The second-order valence-electron chi connectivity index (χ2n) is 7.03. The Hall–Kier alpha value is -3.49. The van der Waals surface area contributed by atoms with Crippen LogP contribution >= 0.6 is 0 Å². The summed E-state index contributed by atoms with van der Waals surface area (Å²) in [7, 11) is 1.86. The topological polar surface area (TPSA) is 88.0 Å². The molecule has 1 fully saturated rings. The number of hydrogen-bond donors (Lipinski definition) is 2. The van der Waals surface area contributed by atoms with Crippen LogP contribution in [0.15, 0.2) is 48.9 Å². The summed E-state index contributed by atoms with van der Waals surface area (Å²) in [6, 6.07) is 7.75. The number of hydrogen-bond acceptors (Lipinski definition) is 5. The number of carbonyl (C=O) groups excluding carboxylic acids is 1. The molecular formula is C20H22FN7O. The first-order valence-corrected chi connectivity index (χ1v) is 9.42. The van der Waals surface area contributed by atoms with E-state index in [-0.39, 0.29) is 24.4 Å². The van der Waals surface area contributed by atoms with E-state index in [4.69, 9.17) is 0 Å². The van der Waals surface area contributed by atoms with Gasteiger partial charge in [-0.1, -0.05) is 12.1 Å². The van der Waals surface area contributed by atoms with Crippen LogP contribution in [0.1, 0.15) is 12.0 Å². The van der Waals surface area contributed by atoms with Crippen molar-refractivity contribution in [2.75, 3.05) is 18.0 Å². The van der Waals surface area contributed by atoms with Crippen molar-refractivity contribution in [2.24, 2.45) is 7.05 Å². The van der Waals surface area contributed by atoms with Crippen LogP contribution < -0.4 is 15.5 Å². The summed E-state index contributed by atoms with van der Waals surface area (Å²) in [5.41, 5.74) is 2.46. The molecule has 29 heavy (non-hydrogen) atoms. The molecule has 0 spiro atoms. The Balaban J connectivity index is 1.31. The minimum Gasteiger partial charge on any atom is -0.339 e. The van der Waals surface area contributed by atoms with Crippen LogP contribution in [0.5, 0.6) is 0 Å². The van der Waals surface area contributed by atoms with Crippen molar-refractivity contribution in [3.8, 4) is 11.3 Å². The van der Waals surface area contributed by atoms with Crippen molar-refractivity contribution in [1.29, 1.82) is 0 Å². The average molecular weight is 395 g/mol. The lowest BCUT2D eigenvalue weighted by Crippen LogP contribution is -2.43. The molecular weight excluding hydrogens is 373 g/mol. The lowest BCUT2D eigenvalue weighted by molar-refractivity contribution is 0.237. The van der Waals surface area contributed by atoms with Crippen LogP contribution in [0, 0.1) is 5.82 Å². The van der Waals surface area contributed by atoms with E-state index in [1.807, 2.05) is 19.3 Å². The Morgan fingerprint density at radius 2 is 2.24 bits per heavy atom. The molecule has 9 heteroatoms. The minimum absolute atomic E-state index is 0.00634. The van der Waals surface area contributed by atoms with Gasteiger partial charge in [0.25, 0.3) is 0 Å². The number of anilines is 1. The number of halogens is 1. The zero-order valence-electron chi connectivity index (χ0n) is 16.0. The van der Waals surface area contributed by atoms with Crippen LogP contribution in [0.4, 0.5) is 15.1 Å². The molecule has 0 saturated carbocycles. The number of urea groups is 1. The molecule has 2 N–H and O–H groups in total. The summed E-state index contributed by atoms with van der Waals surface area (Å²) in [4.78, 5) is 23.2. The van der Waals surface area contributed by atoms with E-state index in [2.05, 4.69) is 30.6 Å². The molecule has 0 radical (unpaired) electrons. The van der Waals surface area contributed by atoms with E-state index < -0.39 is 0 Å². The van der Waals surface area contributed by atoms with Gasteiger partial charge in [-0.15, -0.1) is 0 Å². The van der Waals surface area contributed by atoms with Crippen LogP contribution in [-0.4, -0.2) is 44.9 Å². The first-order valence-electron chi connectivity index (χ1n) is 9.42. The van der Waals surface area contributed by atoms with Gasteiger partial charge < -0.3 is 15.5 Å². The third-order valence-electron chi connectivity index (χ3n) is 4.79. The number of aromatic nitrogens is 4. The highest BCUT2D eigenvalue weighted by atomic mass is 19.1. The van der Waals surface area contributed by atoms with E-state index in [0.29, 0.717) is 18.1 Å². The first kappa shape index (κ1) is 18.9. The normalized spacial score (nSPS) is 16.1. The summed E-state index contributed by atoms with van der Waals surface area (Å²) in [5, 5.41) is 9.90. The highest BCUT2D eigenvalue weighted by Crippen LogP contribution is 2.21. The molecule has 1 aromatic carbocycles. The van der Waals surface area contributed by atoms with Gasteiger partial charge in [0, 0.05) is 50.7 Å². The van der Waals surface area contributed by atoms with Crippen molar-refractivity contribution in [1.82, 2.24) is 30.4 Å². The molecule has 1 aliphatic heterocycles. The number of nitrogens with zero attached hydrogens (tertiary/aromatic N) is 5. The number of carbonyl (C=O) groups is 1. The Bertz CT molecular complexity index is 1010. The number of rotatable bonds is 5. The second kappa shape index (κ2) is 8.26. The fourth-order valence-electron chi connectivity index (χ4n) is 3.34. The molecule has 3 heterocycles. The van der Waals surface area contributed by atoms with Crippen LogP contribution in [0.25, 0.3) is 11.3 Å². The maximum absolute atomic E-state index is 13.2. The van der Waals surface area contributed by atoms with Crippen molar-refractivity contribution in [3.05, 3.63) is 60.3 Å². The zero-order valence-corrected chi connectivity index (χ0v) is 16.0. The molecule has 2 amide bonds. The van der Waals surface area contributed by atoms with E-state index in [1.165, 1.54) is 12.1 Å². The van der Waals surface area contributed by atoms with E-state index in [1.54, 1.807) is 29.2 Å². The molecule has 1 aliphatic rings.